The number of amides is 2. The Balaban J connectivity index is 1.39. The third kappa shape index (κ3) is 9.18. The smallest absolute Gasteiger partial charge is 0.416 e. The Morgan fingerprint density at radius 1 is 0.889 bits per heavy atom. The standard InChI is InChI=1S/C31H20BrF3N4O6/c32-24-10-13-27(45-28(40)14-9-19-7-11-26(12-8-19)39(43)44)22(16-24)18-36-38-30(42)21-4-2-6-25(17-21)37-29(41)20-3-1-5-23(15-20)31(33,34)35/h1-18H,(H,37,41)(H,38,42)/b14-9+,36-18?. The van der Waals surface area contributed by atoms with E-state index in [0.29, 0.717) is 15.6 Å². The zero-order chi connectivity index (χ0) is 32.6. The molecule has 0 atom stereocenters. The second-order valence-electron chi connectivity index (χ2n) is 9.10. The average Bonchev–Trinajstić information content (AvgIpc) is 3.01. The molecule has 10 nitrogen and oxygen atoms in total. The van der Waals surface area contributed by atoms with E-state index in [2.05, 4.69) is 31.8 Å². The number of carbonyl (C=O) groups is 3. The Morgan fingerprint density at radius 2 is 1.58 bits per heavy atom. The molecule has 2 N–H and O–H groups in total. The fourth-order valence-corrected chi connectivity index (χ4v) is 4.11. The van der Waals surface area contributed by atoms with Crippen molar-refractivity contribution in [1.82, 2.24) is 5.43 Å². The van der Waals surface area contributed by atoms with Crippen molar-refractivity contribution in [3.05, 3.63) is 139 Å². The zero-order valence-corrected chi connectivity index (χ0v) is 24.3. The van der Waals surface area contributed by atoms with Crippen molar-refractivity contribution < 1.29 is 37.2 Å². The molecule has 0 unspecified atom stereocenters. The van der Waals surface area contributed by atoms with Crippen molar-refractivity contribution in [2.45, 2.75) is 6.18 Å². The Morgan fingerprint density at radius 3 is 2.27 bits per heavy atom. The van der Waals surface area contributed by atoms with E-state index in [1.165, 1.54) is 73.0 Å². The highest BCUT2D eigenvalue weighted by Crippen LogP contribution is 2.30. The van der Waals surface area contributed by atoms with Gasteiger partial charge in [-0.25, -0.2) is 10.2 Å². The Bertz CT molecular complexity index is 1820. The summed E-state index contributed by atoms with van der Waals surface area (Å²) in [7, 11) is 0. The van der Waals surface area contributed by atoms with E-state index in [4.69, 9.17) is 4.74 Å². The van der Waals surface area contributed by atoms with Crippen molar-refractivity contribution in [3.8, 4) is 5.75 Å². The summed E-state index contributed by atoms with van der Waals surface area (Å²) in [6.07, 6.45) is -0.800. The van der Waals surface area contributed by atoms with Crippen LogP contribution in [0.1, 0.15) is 37.4 Å². The lowest BCUT2D eigenvalue weighted by molar-refractivity contribution is -0.384. The number of ether oxygens (including phenoxy) is 1. The molecule has 0 saturated heterocycles. The van der Waals surface area contributed by atoms with E-state index in [1.807, 2.05) is 0 Å². The maximum atomic E-state index is 13.0. The van der Waals surface area contributed by atoms with Gasteiger partial charge in [-0.1, -0.05) is 28.1 Å². The largest absolute Gasteiger partial charge is 0.423 e. The van der Waals surface area contributed by atoms with Gasteiger partial charge in [-0.3, -0.25) is 19.7 Å². The van der Waals surface area contributed by atoms with Crippen LogP contribution in [0.25, 0.3) is 6.08 Å². The summed E-state index contributed by atoms with van der Waals surface area (Å²) in [6, 6.07) is 19.9. The first-order chi connectivity index (χ1) is 21.4. The summed E-state index contributed by atoms with van der Waals surface area (Å²) in [5.41, 5.74) is 2.16. The predicted molar refractivity (Wildman–Crippen MR) is 163 cm³/mol. The maximum Gasteiger partial charge on any atom is 0.416 e. The van der Waals surface area contributed by atoms with Crippen LogP contribution in [0.15, 0.2) is 107 Å². The number of hydrogen-bond donors (Lipinski definition) is 2. The molecule has 0 aliphatic heterocycles. The van der Waals surface area contributed by atoms with Gasteiger partial charge in [-0.15, -0.1) is 0 Å². The molecular weight excluding hydrogens is 661 g/mol. The van der Waals surface area contributed by atoms with Crippen LogP contribution in [0, 0.1) is 10.1 Å². The monoisotopic (exact) mass is 680 g/mol. The van der Waals surface area contributed by atoms with E-state index in [0.717, 1.165) is 24.3 Å². The Kier molecular flexibility index (Phi) is 10.2. The van der Waals surface area contributed by atoms with Gasteiger partial charge in [0, 0.05) is 45.1 Å². The quantitative estimate of drug-likeness (QED) is 0.0487. The lowest BCUT2D eigenvalue weighted by Crippen LogP contribution is -2.18. The molecule has 0 radical (unpaired) electrons. The number of non-ortho nitro benzene ring substituents is 1. The van der Waals surface area contributed by atoms with E-state index in [-0.39, 0.29) is 28.3 Å². The van der Waals surface area contributed by atoms with Gasteiger partial charge in [0.2, 0.25) is 0 Å². The number of benzene rings is 4. The van der Waals surface area contributed by atoms with E-state index < -0.39 is 34.4 Å². The molecule has 0 fully saturated rings. The number of carbonyl (C=O) groups excluding carboxylic acids is 3. The molecule has 0 bridgehead atoms. The highest BCUT2D eigenvalue weighted by atomic mass is 79.9. The highest BCUT2D eigenvalue weighted by molar-refractivity contribution is 9.10. The number of hydrogen-bond acceptors (Lipinski definition) is 7. The number of alkyl halides is 3. The highest BCUT2D eigenvalue weighted by Gasteiger charge is 2.31. The average molecular weight is 681 g/mol. The molecule has 0 aromatic heterocycles. The van der Waals surface area contributed by atoms with Crippen LogP contribution in [0.3, 0.4) is 0 Å². The number of anilines is 1. The summed E-state index contributed by atoms with van der Waals surface area (Å²) >= 11 is 3.31. The molecule has 4 aromatic rings. The lowest BCUT2D eigenvalue weighted by Gasteiger charge is -2.10. The van der Waals surface area contributed by atoms with Gasteiger partial charge < -0.3 is 10.1 Å². The van der Waals surface area contributed by atoms with Crippen molar-refractivity contribution in [3.63, 3.8) is 0 Å². The number of esters is 1. The Hall–Kier alpha value is -5.63. The maximum absolute atomic E-state index is 13.0. The molecule has 45 heavy (non-hydrogen) atoms. The zero-order valence-electron chi connectivity index (χ0n) is 22.7. The topological polar surface area (TPSA) is 140 Å². The summed E-state index contributed by atoms with van der Waals surface area (Å²) in [5, 5.41) is 17.2. The molecule has 0 aliphatic carbocycles. The summed E-state index contributed by atoms with van der Waals surface area (Å²) in [6.45, 7) is 0. The second kappa shape index (κ2) is 14.2. The molecule has 4 rings (SSSR count). The number of halogens is 4. The molecule has 0 saturated carbocycles. The molecule has 0 aliphatic rings. The van der Waals surface area contributed by atoms with Crippen LogP contribution in [-0.4, -0.2) is 28.9 Å². The van der Waals surface area contributed by atoms with Crippen molar-refractivity contribution in [1.29, 1.82) is 0 Å². The third-order valence-corrected chi connectivity index (χ3v) is 6.40. The van der Waals surface area contributed by atoms with Crippen molar-refractivity contribution in [2.24, 2.45) is 5.10 Å². The number of nitrogens with one attached hydrogen (secondary N) is 2. The fourth-order valence-electron chi connectivity index (χ4n) is 3.73. The molecule has 0 spiro atoms. The summed E-state index contributed by atoms with van der Waals surface area (Å²) in [4.78, 5) is 47.9. The molecule has 14 heteroatoms. The van der Waals surface area contributed by atoms with Crippen molar-refractivity contribution in [2.75, 3.05) is 5.32 Å². The third-order valence-electron chi connectivity index (χ3n) is 5.90. The SMILES string of the molecule is O=C(/C=C/c1ccc([N+](=O)[O-])cc1)Oc1ccc(Br)cc1C=NNC(=O)c1cccc(NC(=O)c2cccc(C(F)(F)F)c2)c1. The first-order valence-corrected chi connectivity index (χ1v) is 13.5. The van der Waals surface area contributed by atoms with Gasteiger partial charge in [0.1, 0.15) is 5.75 Å². The molecule has 4 aromatic carbocycles. The normalized spacial score (nSPS) is 11.4. The number of hydrazone groups is 1. The molecule has 2 amide bonds. The van der Waals surface area contributed by atoms with E-state index in [9.17, 15) is 37.7 Å². The number of nitrogens with zero attached hydrogens (tertiary/aromatic N) is 2. The first-order valence-electron chi connectivity index (χ1n) is 12.7. The molecular formula is C31H20BrF3N4O6. The van der Waals surface area contributed by atoms with Gasteiger partial charge in [0.05, 0.1) is 16.7 Å². The van der Waals surface area contributed by atoms with Crippen LogP contribution in [0.5, 0.6) is 5.75 Å². The Labute approximate surface area is 261 Å². The fraction of sp³-hybridized carbons (Fsp3) is 0.0323. The first kappa shape index (κ1) is 32.3. The minimum atomic E-state index is -4.61. The van der Waals surface area contributed by atoms with E-state index in [1.54, 1.807) is 12.1 Å². The number of nitro groups is 1. The minimum Gasteiger partial charge on any atom is -0.423 e. The summed E-state index contributed by atoms with van der Waals surface area (Å²) in [5.74, 6) is -2.08. The van der Waals surface area contributed by atoms with Gasteiger partial charge >= 0.3 is 12.1 Å². The van der Waals surface area contributed by atoms with Crippen LogP contribution in [0.4, 0.5) is 24.5 Å². The van der Waals surface area contributed by atoms with Crippen LogP contribution >= 0.6 is 15.9 Å². The second-order valence-corrected chi connectivity index (χ2v) is 10.0. The number of rotatable bonds is 9. The number of nitro benzene ring substituents is 1. The lowest BCUT2D eigenvalue weighted by atomic mass is 10.1. The van der Waals surface area contributed by atoms with Crippen LogP contribution < -0.4 is 15.5 Å². The molecule has 0 heterocycles. The minimum absolute atomic E-state index is 0.0888. The predicted octanol–water partition coefficient (Wildman–Crippen LogP) is 7.01. The van der Waals surface area contributed by atoms with Gasteiger partial charge in [0.15, 0.2) is 0 Å². The van der Waals surface area contributed by atoms with Gasteiger partial charge in [-0.2, -0.15) is 18.3 Å². The van der Waals surface area contributed by atoms with Crippen LogP contribution in [-0.2, 0) is 11.0 Å². The van der Waals surface area contributed by atoms with Gasteiger partial charge in [-0.05, 0) is 78.4 Å². The molecule has 228 valence electrons. The van der Waals surface area contributed by atoms with Crippen molar-refractivity contribution >= 4 is 57.4 Å². The van der Waals surface area contributed by atoms with E-state index >= 15 is 0 Å². The van der Waals surface area contributed by atoms with Crippen LogP contribution in [0.2, 0.25) is 0 Å². The summed E-state index contributed by atoms with van der Waals surface area (Å²) < 4.78 is 45.0. The van der Waals surface area contributed by atoms with Gasteiger partial charge in [0.25, 0.3) is 17.5 Å².